The molecule has 0 saturated heterocycles. The van der Waals surface area contributed by atoms with Crippen LogP contribution < -0.4 is 10.6 Å². The van der Waals surface area contributed by atoms with Crippen LogP contribution >= 0.6 is 0 Å². The molecule has 1 aliphatic rings. The second-order valence-electron chi connectivity index (χ2n) is 5.08. The lowest BCUT2D eigenvalue weighted by atomic mass is 10.1. The van der Waals surface area contributed by atoms with E-state index in [0.29, 0.717) is 36.9 Å². The van der Waals surface area contributed by atoms with Crippen molar-refractivity contribution >= 4 is 5.91 Å². The molecule has 7 heteroatoms. The van der Waals surface area contributed by atoms with Gasteiger partial charge in [0.1, 0.15) is 0 Å². The van der Waals surface area contributed by atoms with Gasteiger partial charge in [0.2, 0.25) is 17.6 Å². The van der Waals surface area contributed by atoms with E-state index in [2.05, 4.69) is 26.9 Å². The number of nitrogens with one attached hydrogen (secondary N) is 2. The molecule has 0 atom stereocenters. The van der Waals surface area contributed by atoms with Gasteiger partial charge in [0.15, 0.2) is 5.76 Å². The third-order valence-corrected chi connectivity index (χ3v) is 3.45. The molecular weight excluding hydrogens is 284 g/mol. The van der Waals surface area contributed by atoms with Crippen molar-refractivity contribution < 1.29 is 13.7 Å². The maximum absolute atomic E-state index is 11.8. The van der Waals surface area contributed by atoms with E-state index >= 15 is 0 Å². The third-order valence-electron chi connectivity index (χ3n) is 3.45. The molecule has 0 aliphatic carbocycles. The van der Waals surface area contributed by atoms with Gasteiger partial charge in [-0.3, -0.25) is 4.79 Å². The largest absolute Gasteiger partial charge is 0.461 e. The van der Waals surface area contributed by atoms with Gasteiger partial charge in [-0.2, -0.15) is 4.98 Å². The average Bonchev–Trinajstić information content (AvgIpc) is 3.22. The molecule has 2 N–H and O–H groups in total. The first-order valence-electron chi connectivity index (χ1n) is 7.33. The lowest BCUT2D eigenvalue weighted by Crippen LogP contribution is -2.29. The fraction of sp³-hybridized carbons (Fsp3) is 0.400. The number of aryl methyl sites for hydroxylation is 1. The van der Waals surface area contributed by atoms with Crippen molar-refractivity contribution in [2.75, 3.05) is 19.6 Å². The number of hydrogen-bond donors (Lipinski definition) is 2. The summed E-state index contributed by atoms with van der Waals surface area (Å²) in [4.78, 5) is 16.0. The highest BCUT2D eigenvalue weighted by molar-refractivity contribution is 5.76. The maximum atomic E-state index is 11.8. The number of hydrogen-bond acceptors (Lipinski definition) is 6. The van der Waals surface area contributed by atoms with E-state index in [1.807, 2.05) is 0 Å². The Balaban J connectivity index is 1.44. The Morgan fingerprint density at radius 3 is 3.18 bits per heavy atom. The van der Waals surface area contributed by atoms with Crippen LogP contribution in [0, 0.1) is 0 Å². The van der Waals surface area contributed by atoms with E-state index in [1.165, 1.54) is 5.57 Å². The summed E-state index contributed by atoms with van der Waals surface area (Å²) in [6.07, 6.45) is 5.40. The molecule has 1 amide bonds. The Morgan fingerprint density at radius 1 is 1.45 bits per heavy atom. The van der Waals surface area contributed by atoms with Gasteiger partial charge < -0.3 is 19.6 Å². The summed E-state index contributed by atoms with van der Waals surface area (Å²) in [7, 11) is 0. The summed E-state index contributed by atoms with van der Waals surface area (Å²) in [6.45, 7) is 2.46. The van der Waals surface area contributed by atoms with Gasteiger partial charge in [-0.05, 0) is 25.1 Å². The minimum atomic E-state index is -0.0165. The van der Waals surface area contributed by atoms with Gasteiger partial charge in [-0.25, -0.2) is 0 Å². The first kappa shape index (κ1) is 14.5. The standard InChI is InChI=1S/C15H18N4O3/c20-13(17-10-11-5-7-16-8-6-11)3-4-14-18-15(19-22-14)12-2-1-9-21-12/h1-2,5,9,16H,3-4,6-8,10H2,(H,17,20). The highest BCUT2D eigenvalue weighted by Crippen LogP contribution is 2.16. The quantitative estimate of drug-likeness (QED) is 0.781. The van der Waals surface area contributed by atoms with E-state index in [-0.39, 0.29) is 5.91 Å². The molecule has 7 nitrogen and oxygen atoms in total. The van der Waals surface area contributed by atoms with Gasteiger partial charge in [-0.15, -0.1) is 0 Å². The molecule has 2 aromatic heterocycles. The van der Waals surface area contributed by atoms with Crippen LogP contribution in [-0.2, 0) is 11.2 Å². The number of aromatic nitrogens is 2. The topological polar surface area (TPSA) is 93.2 Å². The molecule has 0 saturated carbocycles. The molecule has 0 unspecified atom stereocenters. The van der Waals surface area contributed by atoms with Crippen LogP contribution in [0.5, 0.6) is 0 Å². The van der Waals surface area contributed by atoms with Crippen molar-refractivity contribution in [3.8, 4) is 11.6 Å². The van der Waals surface area contributed by atoms with Crippen molar-refractivity contribution in [1.29, 1.82) is 0 Å². The van der Waals surface area contributed by atoms with Gasteiger partial charge >= 0.3 is 0 Å². The van der Waals surface area contributed by atoms with E-state index < -0.39 is 0 Å². The summed E-state index contributed by atoms with van der Waals surface area (Å²) in [5.41, 5.74) is 1.27. The van der Waals surface area contributed by atoms with Crippen molar-refractivity contribution in [2.45, 2.75) is 19.3 Å². The number of carbonyl (C=O) groups is 1. The Bertz CT molecular complexity index is 646. The number of carbonyl (C=O) groups excluding carboxylic acids is 1. The second kappa shape index (κ2) is 7.04. The van der Waals surface area contributed by atoms with Gasteiger partial charge in [0.25, 0.3) is 0 Å². The fourth-order valence-electron chi connectivity index (χ4n) is 2.21. The summed E-state index contributed by atoms with van der Waals surface area (Å²) in [6, 6.07) is 3.52. The van der Waals surface area contributed by atoms with Crippen LogP contribution in [0.25, 0.3) is 11.6 Å². The highest BCUT2D eigenvalue weighted by atomic mass is 16.5. The van der Waals surface area contributed by atoms with E-state index in [0.717, 1.165) is 19.5 Å². The molecule has 0 radical (unpaired) electrons. The minimum absolute atomic E-state index is 0.0165. The fourth-order valence-corrected chi connectivity index (χ4v) is 2.21. The van der Waals surface area contributed by atoms with Gasteiger partial charge in [-0.1, -0.05) is 16.8 Å². The van der Waals surface area contributed by atoms with Gasteiger partial charge in [0, 0.05) is 25.9 Å². The van der Waals surface area contributed by atoms with Crippen LogP contribution in [-0.4, -0.2) is 35.7 Å². The average molecular weight is 302 g/mol. The Hall–Kier alpha value is -2.41. The second-order valence-corrected chi connectivity index (χ2v) is 5.08. The molecule has 22 heavy (non-hydrogen) atoms. The molecule has 0 bridgehead atoms. The zero-order valence-corrected chi connectivity index (χ0v) is 12.2. The molecule has 0 fully saturated rings. The Kier molecular flexibility index (Phi) is 4.65. The minimum Gasteiger partial charge on any atom is -0.461 e. The molecule has 2 aromatic rings. The first-order chi connectivity index (χ1) is 10.8. The van der Waals surface area contributed by atoms with Crippen LogP contribution in [0.2, 0.25) is 0 Å². The molecule has 0 spiro atoms. The van der Waals surface area contributed by atoms with E-state index in [1.54, 1.807) is 18.4 Å². The zero-order valence-electron chi connectivity index (χ0n) is 12.2. The lowest BCUT2D eigenvalue weighted by Gasteiger charge is -2.14. The van der Waals surface area contributed by atoms with Crippen molar-refractivity contribution in [3.63, 3.8) is 0 Å². The van der Waals surface area contributed by atoms with Crippen LogP contribution in [0.4, 0.5) is 0 Å². The highest BCUT2D eigenvalue weighted by Gasteiger charge is 2.12. The van der Waals surface area contributed by atoms with E-state index in [9.17, 15) is 4.79 Å². The van der Waals surface area contributed by atoms with Gasteiger partial charge in [0.05, 0.1) is 6.26 Å². The SMILES string of the molecule is O=C(CCc1nc(-c2ccco2)no1)NCC1=CCNCC1. The molecular formula is C15H18N4O3. The molecule has 1 aliphatic heterocycles. The van der Waals surface area contributed by atoms with Crippen LogP contribution in [0.1, 0.15) is 18.7 Å². The molecule has 116 valence electrons. The summed E-state index contributed by atoms with van der Waals surface area (Å²) in [5.74, 6) is 1.37. The predicted octanol–water partition coefficient (Wildman–Crippen LogP) is 1.30. The number of amides is 1. The monoisotopic (exact) mass is 302 g/mol. The van der Waals surface area contributed by atoms with Crippen molar-refractivity contribution in [2.24, 2.45) is 0 Å². The number of nitrogens with zero attached hydrogens (tertiary/aromatic N) is 2. The van der Waals surface area contributed by atoms with E-state index in [4.69, 9.17) is 8.94 Å². The summed E-state index contributed by atoms with van der Waals surface area (Å²) in [5, 5.41) is 9.98. The maximum Gasteiger partial charge on any atom is 0.238 e. The normalized spacial score (nSPS) is 14.6. The Labute approximate surface area is 127 Å². The smallest absolute Gasteiger partial charge is 0.238 e. The van der Waals surface area contributed by atoms with Crippen LogP contribution in [0.15, 0.2) is 39.0 Å². The third kappa shape index (κ3) is 3.82. The lowest BCUT2D eigenvalue weighted by molar-refractivity contribution is -0.121. The molecule has 0 aromatic carbocycles. The van der Waals surface area contributed by atoms with Crippen molar-refractivity contribution in [1.82, 2.24) is 20.8 Å². The zero-order chi connectivity index (χ0) is 15.2. The van der Waals surface area contributed by atoms with Crippen LogP contribution in [0.3, 0.4) is 0 Å². The first-order valence-corrected chi connectivity index (χ1v) is 7.33. The summed E-state index contributed by atoms with van der Waals surface area (Å²) < 4.78 is 10.3. The Morgan fingerprint density at radius 2 is 2.41 bits per heavy atom. The number of rotatable bonds is 6. The molecule has 3 heterocycles. The number of furan rings is 1. The predicted molar refractivity (Wildman–Crippen MR) is 78.9 cm³/mol. The van der Waals surface area contributed by atoms with Crippen molar-refractivity contribution in [3.05, 3.63) is 35.9 Å². The summed E-state index contributed by atoms with van der Waals surface area (Å²) >= 11 is 0. The molecule has 3 rings (SSSR count).